The minimum atomic E-state index is -0.230. The average Bonchev–Trinajstić information content (AvgIpc) is 2.18. The zero-order chi connectivity index (χ0) is 12.3. The van der Waals surface area contributed by atoms with Crippen molar-refractivity contribution in [2.75, 3.05) is 0 Å². The Hall–Kier alpha value is -1.80. The molecule has 2 N–H and O–H groups in total. The van der Waals surface area contributed by atoms with Gasteiger partial charge in [-0.05, 0) is 23.1 Å². The van der Waals surface area contributed by atoms with E-state index in [0.717, 1.165) is 5.56 Å². The van der Waals surface area contributed by atoms with Crippen molar-refractivity contribution < 1.29 is 15.0 Å². The number of benzene rings is 1. The van der Waals surface area contributed by atoms with Crippen molar-refractivity contribution in [1.29, 1.82) is 0 Å². The van der Waals surface area contributed by atoms with Gasteiger partial charge < -0.3 is 10.2 Å². The van der Waals surface area contributed by atoms with Gasteiger partial charge in [0.1, 0.15) is 0 Å². The first-order valence-corrected chi connectivity index (χ1v) is 4.95. The summed E-state index contributed by atoms with van der Waals surface area (Å²) in [5.74, 6) is -0.421. The molecule has 0 bridgehead atoms. The number of aliphatic imine (C=N–C) groups is 1. The smallest absolute Gasteiger partial charge is 0.235 e. The zero-order valence-corrected chi connectivity index (χ0v) is 9.61. The lowest BCUT2D eigenvalue weighted by atomic mass is 9.86. The SMILES string of the molecule is CC(C)(C)c1cc(O)c(O)c(CN=C=O)c1. The third kappa shape index (κ3) is 2.61. The van der Waals surface area contributed by atoms with Crippen LogP contribution < -0.4 is 0 Å². The molecule has 1 aromatic rings. The molecule has 0 aliphatic rings. The lowest BCUT2D eigenvalue weighted by Gasteiger charge is -2.20. The second kappa shape index (κ2) is 4.37. The molecule has 0 heterocycles. The van der Waals surface area contributed by atoms with E-state index in [1.54, 1.807) is 6.07 Å². The van der Waals surface area contributed by atoms with Gasteiger partial charge in [0.2, 0.25) is 6.08 Å². The Balaban J connectivity index is 3.27. The van der Waals surface area contributed by atoms with Crippen molar-refractivity contribution >= 4 is 6.08 Å². The molecule has 0 aliphatic heterocycles. The van der Waals surface area contributed by atoms with Gasteiger partial charge in [0.05, 0.1) is 6.54 Å². The zero-order valence-electron chi connectivity index (χ0n) is 9.61. The molecule has 16 heavy (non-hydrogen) atoms. The number of aromatic hydroxyl groups is 2. The predicted molar refractivity (Wildman–Crippen MR) is 60.3 cm³/mol. The lowest BCUT2D eigenvalue weighted by Crippen LogP contribution is -2.11. The maximum Gasteiger partial charge on any atom is 0.235 e. The molecule has 0 saturated heterocycles. The molecule has 4 heteroatoms. The third-order valence-electron chi connectivity index (χ3n) is 2.35. The van der Waals surface area contributed by atoms with E-state index in [1.807, 2.05) is 20.8 Å². The van der Waals surface area contributed by atoms with E-state index in [1.165, 1.54) is 12.1 Å². The molecule has 0 aliphatic carbocycles. The fourth-order valence-corrected chi connectivity index (χ4v) is 1.35. The van der Waals surface area contributed by atoms with Gasteiger partial charge in [0, 0.05) is 5.56 Å². The molecule has 0 aromatic heterocycles. The molecule has 4 nitrogen and oxygen atoms in total. The summed E-state index contributed by atoms with van der Waals surface area (Å²) in [6.07, 6.45) is 1.40. The van der Waals surface area contributed by atoms with Gasteiger partial charge in [-0.3, -0.25) is 0 Å². The van der Waals surface area contributed by atoms with E-state index in [4.69, 9.17) is 0 Å². The lowest BCUT2D eigenvalue weighted by molar-refractivity contribution is 0.397. The molecular weight excluding hydrogens is 206 g/mol. The number of phenols is 2. The van der Waals surface area contributed by atoms with Crippen LogP contribution in [0.15, 0.2) is 17.1 Å². The number of rotatable bonds is 2. The van der Waals surface area contributed by atoms with Crippen LogP contribution in [-0.4, -0.2) is 16.3 Å². The van der Waals surface area contributed by atoms with Gasteiger partial charge in [-0.2, -0.15) is 0 Å². The number of hydrogen-bond donors (Lipinski definition) is 2. The molecule has 86 valence electrons. The quantitative estimate of drug-likeness (QED) is 0.457. The van der Waals surface area contributed by atoms with Crippen molar-refractivity contribution in [3.05, 3.63) is 23.3 Å². The molecule has 0 spiro atoms. The Morgan fingerprint density at radius 1 is 1.31 bits per heavy atom. The first-order valence-electron chi connectivity index (χ1n) is 4.95. The van der Waals surface area contributed by atoms with Crippen LogP contribution in [0.1, 0.15) is 31.9 Å². The molecule has 0 fully saturated rings. The van der Waals surface area contributed by atoms with E-state index in [-0.39, 0.29) is 23.5 Å². The van der Waals surface area contributed by atoms with Crippen molar-refractivity contribution in [2.24, 2.45) is 4.99 Å². The highest BCUT2D eigenvalue weighted by atomic mass is 16.3. The summed E-state index contributed by atoms with van der Waals surface area (Å²) in [6.45, 7) is 6.00. The summed E-state index contributed by atoms with van der Waals surface area (Å²) in [4.78, 5) is 13.4. The van der Waals surface area contributed by atoms with Gasteiger partial charge in [0.25, 0.3) is 0 Å². The highest BCUT2D eigenvalue weighted by Crippen LogP contribution is 2.35. The minimum absolute atomic E-state index is 0.0206. The summed E-state index contributed by atoms with van der Waals surface area (Å²) < 4.78 is 0. The Bertz CT molecular complexity index is 440. The van der Waals surface area contributed by atoms with E-state index >= 15 is 0 Å². The molecule has 0 atom stereocenters. The van der Waals surface area contributed by atoms with E-state index in [2.05, 4.69) is 4.99 Å². The first-order chi connectivity index (χ1) is 7.36. The monoisotopic (exact) mass is 221 g/mol. The van der Waals surface area contributed by atoms with Crippen LogP contribution in [0.5, 0.6) is 11.5 Å². The Labute approximate surface area is 94.3 Å². The maximum absolute atomic E-state index is 10.0. The largest absolute Gasteiger partial charge is 0.504 e. The fourth-order valence-electron chi connectivity index (χ4n) is 1.35. The van der Waals surface area contributed by atoms with Gasteiger partial charge in [0.15, 0.2) is 11.5 Å². The average molecular weight is 221 g/mol. The molecule has 1 aromatic carbocycles. The van der Waals surface area contributed by atoms with Crippen molar-refractivity contribution in [2.45, 2.75) is 32.7 Å². The van der Waals surface area contributed by atoms with Crippen LogP contribution in [-0.2, 0) is 16.8 Å². The van der Waals surface area contributed by atoms with E-state index in [0.29, 0.717) is 5.56 Å². The highest BCUT2D eigenvalue weighted by molar-refractivity contribution is 5.49. The number of phenolic OH excluding ortho intramolecular Hbond substituents is 2. The van der Waals surface area contributed by atoms with E-state index < -0.39 is 0 Å². The van der Waals surface area contributed by atoms with Crippen LogP contribution in [0.2, 0.25) is 0 Å². The van der Waals surface area contributed by atoms with Gasteiger partial charge in [-0.25, -0.2) is 9.79 Å². The Kier molecular flexibility index (Phi) is 3.35. The molecule has 0 saturated carbocycles. The van der Waals surface area contributed by atoms with Crippen LogP contribution in [0.3, 0.4) is 0 Å². The summed E-state index contributed by atoms with van der Waals surface area (Å²) in [5.41, 5.74) is 1.15. The number of hydrogen-bond acceptors (Lipinski definition) is 4. The minimum Gasteiger partial charge on any atom is -0.504 e. The van der Waals surface area contributed by atoms with Gasteiger partial charge in [-0.1, -0.05) is 20.8 Å². The third-order valence-corrected chi connectivity index (χ3v) is 2.35. The predicted octanol–water partition coefficient (Wildman–Crippen LogP) is 2.23. The van der Waals surface area contributed by atoms with Gasteiger partial charge in [-0.15, -0.1) is 0 Å². The summed E-state index contributed by atoms with van der Waals surface area (Å²) >= 11 is 0. The maximum atomic E-state index is 10.0. The molecule has 1 rings (SSSR count). The number of nitrogens with zero attached hydrogens (tertiary/aromatic N) is 1. The summed E-state index contributed by atoms with van der Waals surface area (Å²) in [7, 11) is 0. The highest BCUT2D eigenvalue weighted by Gasteiger charge is 2.18. The topological polar surface area (TPSA) is 69.9 Å². The van der Waals surface area contributed by atoms with Crippen molar-refractivity contribution in [3.63, 3.8) is 0 Å². The number of carbonyl (C=O) groups excluding carboxylic acids is 1. The van der Waals surface area contributed by atoms with E-state index in [9.17, 15) is 15.0 Å². The van der Waals surface area contributed by atoms with Gasteiger partial charge >= 0.3 is 0 Å². The summed E-state index contributed by atoms with van der Waals surface area (Å²) in [5, 5.41) is 19.1. The fraction of sp³-hybridized carbons (Fsp3) is 0.417. The second-order valence-electron chi connectivity index (χ2n) is 4.66. The van der Waals surface area contributed by atoms with Crippen LogP contribution in [0.25, 0.3) is 0 Å². The molecule has 0 amide bonds. The van der Waals surface area contributed by atoms with Crippen LogP contribution >= 0.6 is 0 Å². The van der Waals surface area contributed by atoms with Crippen LogP contribution in [0.4, 0.5) is 0 Å². The summed E-state index contributed by atoms with van der Waals surface area (Å²) in [6, 6.07) is 3.25. The standard InChI is InChI=1S/C12H15NO3/c1-12(2,3)9-4-8(6-13-7-14)11(16)10(15)5-9/h4-5,15-16H,6H2,1-3H3. The number of isocyanates is 1. The molecule has 0 unspecified atom stereocenters. The second-order valence-corrected chi connectivity index (χ2v) is 4.66. The normalized spacial score (nSPS) is 10.9. The Morgan fingerprint density at radius 2 is 1.94 bits per heavy atom. The van der Waals surface area contributed by atoms with Crippen molar-refractivity contribution in [1.82, 2.24) is 0 Å². The Morgan fingerprint density at radius 3 is 2.44 bits per heavy atom. The first kappa shape index (κ1) is 12.3. The van der Waals surface area contributed by atoms with Crippen molar-refractivity contribution in [3.8, 4) is 11.5 Å². The molecular formula is C12H15NO3. The van der Waals surface area contributed by atoms with Crippen LogP contribution in [0, 0.1) is 0 Å². The molecule has 0 radical (unpaired) electrons.